The summed E-state index contributed by atoms with van der Waals surface area (Å²) in [5.41, 5.74) is 1.44. The zero-order chi connectivity index (χ0) is 15.5. The Hall–Kier alpha value is -1.54. The van der Waals surface area contributed by atoms with Crippen LogP contribution in [0.25, 0.3) is 0 Å². The SMILES string of the molecule is Cc1nc2c(c(=O)[nH]1)CN(CC(O)COCc1cccs1)C2. The molecule has 2 aromatic heterocycles. The largest absolute Gasteiger partial charge is 0.389 e. The molecular formula is C15H19N3O3S. The Labute approximate surface area is 132 Å². The number of rotatable bonds is 6. The molecule has 0 radical (unpaired) electrons. The van der Waals surface area contributed by atoms with Gasteiger partial charge in [0.25, 0.3) is 5.56 Å². The molecule has 6 nitrogen and oxygen atoms in total. The van der Waals surface area contributed by atoms with Gasteiger partial charge in [0.15, 0.2) is 0 Å². The molecule has 2 N–H and O–H groups in total. The molecule has 1 atom stereocenters. The Balaban J connectivity index is 1.48. The summed E-state index contributed by atoms with van der Waals surface area (Å²) in [5, 5.41) is 12.1. The number of thiophene rings is 1. The topological polar surface area (TPSA) is 78.5 Å². The van der Waals surface area contributed by atoms with Crippen molar-refractivity contribution in [1.29, 1.82) is 0 Å². The standard InChI is InChI=1S/C15H19N3O3S/c1-10-16-14-7-18(6-13(14)15(20)17-10)5-11(19)8-21-9-12-3-2-4-22-12/h2-4,11,19H,5-9H2,1H3,(H,16,17,20). The van der Waals surface area contributed by atoms with Gasteiger partial charge in [-0.1, -0.05) is 6.07 Å². The Morgan fingerprint density at radius 1 is 1.55 bits per heavy atom. The second kappa shape index (κ2) is 6.70. The average molecular weight is 321 g/mol. The summed E-state index contributed by atoms with van der Waals surface area (Å²) in [7, 11) is 0. The fraction of sp³-hybridized carbons (Fsp3) is 0.467. The zero-order valence-corrected chi connectivity index (χ0v) is 13.2. The Bertz CT molecular complexity index is 684. The second-order valence-corrected chi connectivity index (χ2v) is 6.53. The number of ether oxygens (including phenoxy) is 1. The van der Waals surface area contributed by atoms with Crippen LogP contribution in [-0.4, -0.2) is 39.2 Å². The van der Waals surface area contributed by atoms with E-state index in [1.54, 1.807) is 18.3 Å². The lowest BCUT2D eigenvalue weighted by atomic mass is 10.3. The molecule has 0 saturated carbocycles. The third kappa shape index (κ3) is 3.61. The van der Waals surface area contributed by atoms with Crippen LogP contribution in [-0.2, 0) is 24.4 Å². The first kappa shape index (κ1) is 15.4. The third-order valence-electron chi connectivity index (χ3n) is 3.58. The van der Waals surface area contributed by atoms with Crippen LogP contribution < -0.4 is 5.56 Å². The fourth-order valence-corrected chi connectivity index (χ4v) is 3.26. The van der Waals surface area contributed by atoms with Crippen molar-refractivity contribution in [1.82, 2.24) is 14.9 Å². The molecule has 2 aromatic rings. The molecular weight excluding hydrogens is 302 g/mol. The number of aliphatic hydroxyl groups is 1. The minimum atomic E-state index is -0.575. The van der Waals surface area contributed by atoms with E-state index in [0.717, 1.165) is 10.6 Å². The fourth-order valence-electron chi connectivity index (χ4n) is 2.62. The van der Waals surface area contributed by atoms with Gasteiger partial charge in [-0.25, -0.2) is 4.98 Å². The van der Waals surface area contributed by atoms with E-state index in [0.29, 0.717) is 37.6 Å². The van der Waals surface area contributed by atoms with E-state index < -0.39 is 6.10 Å². The summed E-state index contributed by atoms with van der Waals surface area (Å²) in [6.07, 6.45) is -0.575. The lowest BCUT2D eigenvalue weighted by Gasteiger charge is -2.18. The molecule has 0 spiro atoms. The molecule has 0 amide bonds. The summed E-state index contributed by atoms with van der Waals surface area (Å²) in [4.78, 5) is 22.1. The van der Waals surface area contributed by atoms with Crippen molar-refractivity contribution in [3.63, 3.8) is 0 Å². The number of nitrogens with zero attached hydrogens (tertiary/aromatic N) is 2. The van der Waals surface area contributed by atoms with Gasteiger partial charge >= 0.3 is 0 Å². The van der Waals surface area contributed by atoms with E-state index >= 15 is 0 Å². The van der Waals surface area contributed by atoms with Gasteiger partial charge in [0.1, 0.15) is 5.82 Å². The Kier molecular flexibility index (Phi) is 4.68. The lowest BCUT2D eigenvalue weighted by Crippen LogP contribution is -2.31. The van der Waals surface area contributed by atoms with Crippen LogP contribution in [0.2, 0.25) is 0 Å². The van der Waals surface area contributed by atoms with Gasteiger partial charge in [0.05, 0.1) is 30.6 Å². The van der Waals surface area contributed by atoms with Gasteiger partial charge in [-0.15, -0.1) is 11.3 Å². The minimum Gasteiger partial charge on any atom is -0.389 e. The summed E-state index contributed by atoms with van der Waals surface area (Å²) in [6.45, 7) is 4.18. The third-order valence-corrected chi connectivity index (χ3v) is 4.43. The van der Waals surface area contributed by atoms with Crippen molar-refractivity contribution in [2.24, 2.45) is 0 Å². The molecule has 7 heteroatoms. The van der Waals surface area contributed by atoms with Crippen LogP contribution in [0, 0.1) is 6.92 Å². The summed E-state index contributed by atoms with van der Waals surface area (Å²) >= 11 is 1.64. The maximum atomic E-state index is 11.9. The molecule has 0 saturated heterocycles. The highest BCUT2D eigenvalue weighted by molar-refractivity contribution is 7.09. The number of hydrogen-bond donors (Lipinski definition) is 2. The highest BCUT2D eigenvalue weighted by Crippen LogP contribution is 2.17. The van der Waals surface area contributed by atoms with E-state index in [9.17, 15) is 9.90 Å². The van der Waals surface area contributed by atoms with Gasteiger partial charge in [-0.3, -0.25) is 9.69 Å². The molecule has 1 aliphatic rings. The monoisotopic (exact) mass is 321 g/mol. The van der Waals surface area contributed by atoms with Gasteiger partial charge < -0.3 is 14.8 Å². The predicted octanol–water partition coefficient (Wildman–Crippen LogP) is 1.03. The number of β-amino-alcohol motifs (C(OH)–C–C–N with tert-alkyl or cyclic N) is 1. The maximum Gasteiger partial charge on any atom is 0.255 e. The number of aryl methyl sites for hydroxylation is 1. The van der Waals surface area contributed by atoms with E-state index in [1.807, 2.05) is 22.4 Å². The molecule has 1 aliphatic heterocycles. The minimum absolute atomic E-state index is 0.0755. The van der Waals surface area contributed by atoms with Crippen molar-refractivity contribution in [3.05, 3.63) is 49.8 Å². The van der Waals surface area contributed by atoms with Crippen molar-refractivity contribution in [3.8, 4) is 0 Å². The van der Waals surface area contributed by atoms with Crippen LogP contribution in [0.4, 0.5) is 0 Å². The lowest BCUT2D eigenvalue weighted by molar-refractivity contribution is 0.00988. The Morgan fingerprint density at radius 3 is 3.18 bits per heavy atom. The second-order valence-electron chi connectivity index (χ2n) is 5.49. The zero-order valence-electron chi connectivity index (χ0n) is 12.4. The van der Waals surface area contributed by atoms with E-state index in [4.69, 9.17) is 4.74 Å². The highest BCUT2D eigenvalue weighted by atomic mass is 32.1. The van der Waals surface area contributed by atoms with Crippen LogP contribution in [0.5, 0.6) is 0 Å². The van der Waals surface area contributed by atoms with Gasteiger partial charge in [0, 0.05) is 24.5 Å². The van der Waals surface area contributed by atoms with Gasteiger partial charge in [0.2, 0.25) is 0 Å². The first-order chi connectivity index (χ1) is 10.6. The van der Waals surface area contributed by atoms with Crippen LogP contribution >= 0.6 is 11.3 Å². The van der Waals surface area contributed by atoms with Gasteiger partial charge in [-0.2, -0.15) is 0 Å². The molecule has 1 unspecified atom stereocenters. The van der Waals surface area contributed by atoms with Crippen LogP contribution in [0.1, 0.15) is 22.0 Å². The quantitative estimate of drug-likeness (QED) is 0.831. The normalized spacial score (nSPS) is 15.9. The summed E-state index contributed by atoms with van der Waals surface area (Å²) < 4.78 is 5.52. The molecule has 3 heterocycles. The number of aromatic nitrogens is 2. The first-order valence-electron chi connectivity index (χ1n) is 7.21. The molecule has 0 aromatic carbocycles. The number of aliphatic hydroxyl groups excluding tert-OH is 1. The van der Waals surface area contributed by atoms with E-state index in [-0.39, 0.29) is 12.2 Å². The number of aromatic amines is 1. The molecule has 118 valence electrons. The molecule has 22 heavy (non-hydrogen) atoms. The molecule has 3 rings (SSSR count). The summed E-state index contributed by atoms with van der Waals surface area (Å²) in [5.74, 6) is 0.630. The van der Waals surface area contributed by atoms with Crippen molar-refractivity contribution < 1.29 is 9.84 Å². The number of fused-ring (bicyclic) bond motifs is 1. The van der Waals surface area contributed by atoms with Crippen LogP contribution in [0.15, 0.2) is 22.3 Å². The van der Waals surface area contributed by atoms with E-state index in [2.05, 4.69) is 9.97 Å². The molecule has 0 bridgehead atoms. The van der Waals surface area contributed by atoms with Gasteiger partial charge in [-0.05, 0) is 18.4 Å². The van der Waals surface area contributed by atoms with E-state index in [1.165, 1.54) is 0 Å². The molecule has 0 aliphatic carbocycles. The smallest absolute Gasteiger partial charge is 0.255 e. The highest BCUT2D eigenvalue weighted by Gasteiger charge is 2.25. The number of nitrogens with one attached hydrogen (secondary N) is 1. The number of hydrogen-bond acceptors (Lipinski definition) is 6. The van der Waals surface area contributed by atoms with Crippen molar-refractivity contribution >= 4 is 11.3 Å². The number of H-pyrrole nitrogens is 1. The average Bonchev–Trinajstić information content (AvgIpc) is 3.08. The first-order valence-corrected chi connectivity index (χ1v) is 8.09. The molecule has 0 fully saturated rings. The summed E-state index contributed by atoms with van der Waals surface area (Å²) in [6, 6.07) is 3.99. The van der Waals surface area contributed by atoms with Crippen molar-refractivity contribution in [2.75, 3.05) is 13.2 Å². The maximum absolute atomic E-state index is 11.9. The Morgan fingerprint density at radius 2 is 2.41 bits per heavy atom. The van der Waals surface area contributed by atoms with Crippen LogP contribution in [0.3, 0.4) is 0 Å². The van der Waals surface area contributed by atoms with Crippen molar-refractivity contribution in [2.45, 2.75) is 32.7 Å². The predicted molar refractivity (Wildman–Crippen MR) is 83.7 cm³/mol.